The van der Waals surface area contributed by atoms with E-state index in [1.54, 1.807) is 11.0 Å². The smallest absolute Gasteiger partial charge is 0.258 e. The summed E-state index contributed by atoms with van der Waals surface area (Å²) in [4.78, 5) is 16.8. The van der Waals surface area contributed by atoms with Gasteiger partial charge in [0.1, 0.15) is 0 Å². The van der Waals surface area contributed by atoms with Crippen LogP contribution in [-0.4, -0.2) is 28.9 Å². The van der Waals surface area contributed by atoms with Crippen LogP contribution < -0.4 is 0 Å². The molecule has 0 aromatic carbocycles. The van der Waals surface area contributed by atoms with Gasteiger partial charge in [-0.05, 0) is 25.0 Å². The summed E-state index contributed by atoms with van der Waals surface area (Å²) in [5.41, 5.74) is 0.0781. The lowest BCUT2D eigenvalue weighted by atomic mass is 10.2. The van der Waals surface area contributed by atoms with Crippen LogP contribution in [0.5, 0.6) is 0 Å². The molecular weight excluding hydrogens is 183 g/mol. The Labute approximate surface area is 81.6 Å². The third-order valence-corrected chi connectivity index (χ3v) is 2.38. The summed E-state index contributed by atoms with van der Waals surface area (Å²) in [6.45, 7) is 1.46. The molecule has 1 saturated heterocycles. The Bertz CT molecular complexity index is 348. The maximum absolute atomic E-state index is 13.1. The number of carbonyl (C=O) groups is 1. The van der Waals surface area contributed by atoms with Gasteiger partial charge in [0.05, 0.1) is 5.56 Å². The van der Waals surface area contributed by atoms with Crippen molar-refractivity contribution in [3.8, 4) is 0 Å². The zero-order valence-corrected chi connectivity index (χ0v) is 7.74. The van der Waals surface area contributed by atoms with Crippen molar-refractivity contribution in [1.82, 2.24) is 9.88 Å². The highest BCUT2D eigenvalue weighted by Crippen LogP contribution is 2.13. The molecular formula is C10H11FN2O. The van der Waals surface area contributed by atoms with Gasteiger partial charge in [-0.1, -0.05) is 0 Å². The lowest BCUT2D eigenvalue weighted by Gasteiger charge is -2.14. The molecule has 0 aliphatic carbocycles. The van der Waals surface area contributed by atoms with Crippen molar-refractivity contribution in [2.24, 2.45) is 0 Å². The average Bonchev–Trinajstić information content (AvgIpc) is 2.70. The Balaban J connectivity index is 2.22. The molecule has 0 N–H and O–H groups in total. The van der Waals surface area contributed by atoms with Crippen LogP contribution in [0.4, 0.5) is 4.39 Å². The van der Waals surface area contributed by atoms with Gasteiger partial charge in [0.15, 0.2) is 0 Å². The van der Waals surface area contributed by atoms with E-state index in [-0.39, 0.29) is 11.5 Å². The van der Waals surface area contributed by atoms with Gasteiger partial charge >= 0.3 is 0 Å². The number of carbonyl (C=O) groups excluding carboxylic acids is 1. The van der Waals surface area contributed by atoms with Crippen molar-refractivity contribution in [1.29, 1.82) is 0 Å². The van der Waals surface area contributed by atoms with Crippen molar-refractivity contribution in [2.45, 2.75) is 12.8 Å². The molecule has 1 aromatic heterocycles. The predicted octanol–water partition coefficient (Wildman–Crippen LogP) is 1.46. The van der Waals surface area contributed by atoms with E-state index < -0.39 is 5.95 Å². The first-order valence-corrected chi connectivity index (χ1v) is 4.69. The number of rotatable bonds is 1. The van der Waals surface area contributed by atoms with Crippen LogP contribution in [0.25, 0.3) is 0 Å². The van der Waals surface area contributed by atoms with E-state index in [9.17, 15) is 9.18 Å². The molecule has 0 radical (unpaired) electrons. The predicted molar refractivity (Wildman–Crippen MR) is 49.3 cm³/mol. The van der Waals surface area contributed by atoms with Crippen LogP contribution in [0.2, 0.25) is 0 Å². The fraction of sp³-hybridized carbons (Fsp3) is 0.400. The summed E-state index contributed by atoms with van der Waals surface area (Å²) < 4.78 is 13.1. The fourth-order valence-corrected chi connectivity index (χ4v) is 1.64. The molecule has 1 amide bonds. The SMILES string of the molecule is O=C(c1cccnc1F)N1CCCC1. The van der Waals surface area contributed by atoms with E-state index >= 15 is 0 Å². The molecule has 0 atom stereocenters. The van der Waals surface area contributed by atoms with Gasteiger partial charge in [-0.3, -0.25) is 4.79 Å². The Morgan fingerprint density at radius 2 is 2.14 bits per heavy atom. The maximum atomic E-state index is 13.1. The van der Waals surface area contributed by atoms with Gasteiger partial charge in [-0.15, -0.1) is 0 Å². The summed E-state index contributed by atoms with van der Waals surface area (Å²) in [6.07, 6.45) is 3.36. The molecule has 2 rings (SSSR count). The quantitative estimate of drug-likeness (QED) is 0.634. The number of pyridine rings is 1. The first-order valence-electron chi connectivity index (χ1n) is 4.69. The molecule has 1 aromatic rings. The van der Waals surface area contributed by atoms with Crippen molar-refractivity contribution in [3.05, 3.63) is 29.8 Å². The largest absolute Gasteiger partial charge is 0.339 e. The number of amides is 1. The highest BCUT2D eigenvalue weighted by molar-refractivity contribution is 5.94. The lowest BCUT2D eigenvalue weighted by molar-refractivity contribution is 0.0787. The molecule has 0 bridgehead atoms. The monoisotopic (exact) mass is 194 g/mol. The van der Waals surface area contributed by atoms with Crippen LogP contribution >= 0.6 is 0 Å². The van der Waals surface area contributed by atoms with E-state index in [0.717, 1.165) is 25.9 Å². The minimum atomic E-state index is -0.676. The van der Waals surface area contributed by atoms with E-state index in [4.69, 9.17) is 0 Å². The van der Waals surface area contributed by atoms with Crippen molar-refractivity contribution in [3.63, 3.8) is 0 Å². The minimum absolute atomic E-state index is 0.0781. The summed E-state index contributed by atoms with van der Waals surface area (Å²) >= 11 is 0. The van der Waals surface area contributed by atoms with Crippen LogP contribution in [0.1, 0.15) is 23.2 Å². The first kappa shape index (κ1) is 9.12. The Kier molecular flexibility index (Phi) is 2.43. The Morgan fingerprint density at radius 1 is 1.43 bits per heavy atom. The highest BCUT2D eigenvalue weighted by atomic mass is 19.1. The number of aromatic nitrogens is 1. The summed E-state index contributed by atoms with van der Waals surface area (Å²) in [7, 11) is 0. The van der Waals surface area contributed by atoms with Crippen LogP contribution in [0.3, 0.4) is 0 Å². The second-order valence-corrected chi connectivity index (χ2v) is 3.34. The normalized spacial score (nSPS) is 15.9. The molecule has 1 aliphatic rings. The van der Waals surface area contributed by atoms with Crippen LogP contribution in [0, 0.1) is 5.95 Å². The average molecular weight is 194 g/mol. The first-order chi connectivity index (χ1) is 6.79. The number of hydrogen-bond donors (Lipinski definition) is 0. The molecule has 2 heterocycles. The second kappa shape index (κ2) is 3.74. The third-order valence-electron chi connectivity index (χ3n) is 2.38. The molecule has 3 nitrogen and oxygen atoms in total. The highest BCUT2D eigenvalue weighted by Gasteiger charge is 2.22. The van der Waals surface area contributed by atoms with E-state index in [0.29, 0.717) is 0 Å². The topological polar surface area (TPSA) is 33.2 Å². The van der Waals surface area contributed by atoms with Crippen molar-refractivity contribution in [2.75, 3.05) is 13.1 Å². The standard InChI is InChI=1S/C10H11FN2O/c11-9-8(4-3-5-12-9)10(14)13-6-1-2-7-13/h3-5H,1-2,6-7H2. The number of likely N-dealkylation sites (tertiary alicyclic amines) is 1. The summed E-state index contributed by atoms with van der Waals surface area (Å²) in [6, 6.07) is 3.05. The minimum Gasteiger partial charge on any atom is -0.339 e. The van der Waals surface area contributed by atoms with E-state index in [1.165, 1.54) is 12.3 Å². The summed E-state index contributed by atoms with van der Waals surface area (Å²) in [5.74, 6) is -0.919. The number of hydrogen-bond acceptors (Lipinski definition) is 2. The summed E-state index contributed by atoms with van der Waals surface area (Å²) in [5, 5.41) is 0. The molecule has 4 heteroatoms. The Morgan fingerprint density at radius 3 is 2.79 bits per heavy atom. The van der Waals surface area contributed by atoms with Gasteiger partial charge in [-0.25, -0.2) is 4.98 Å². The Hall–Kier alpha value is -1.45. The molecule has 1 fully saturated rings. The van der Waals surface area contributed by atoms with Gasteiger partial charge in [0.25, 0.3) is 5.91 Å². The molecule has 0 spiro atoms. The second-order valence-electron chi connectivity index (χ2n) is 3.34. The molecule has 1 aliphatic heterocycles. The number of halogens is 1. The van der Waals surface area contributed by atoms with Gasteiger partial charge in [-0.2, -0.15) is 4.39 Å². The van der Waals surface area contributed by atoms with Gasteiger partial charge < -0.3 is 4.90 Å². The zero-order chi connectivity index (χ0) is 9.97. The van der Waals surface area contributed by atoms with E-state index in [2.05, 4.69) is 4.98 Å². The maximum Gasteiger partial charge on any atom is 0.258 e. The zero-order valence-electron chi connectivity index (χ0n) is 7.74. The van der Waals surface area contributed by atoms with Gasteiger partial charge in [0.2, 0.25) is 5.95 Å². The fourth-order valence-electron chi connectivity index (χ4n) is 1.64. The van der Waals surface area contributed by atoms with Crippen molar-refractivity contribution < 1.29 is 9.18 Å². The van der Waals surface area contributed by atoms with Crippen LogP contribution in [0.15, 0.2) is 18.3 Å². The lowest BCUT2D eigenvalue weighted by Crippen LogP contribution is -2.28. The van der Waals surface area contributed by atoms with Crippen LogP contribution in [-0.2, 0) is 0 Å². The molecule has 14 heavy (non-hydrogen) atoms. The molecule has 0 saturated carbocycles. The van der Waals surface area contributed by atoms with Gasteiger partial charge in [0, 0.05) is 19.3 Å². The van der Waals surface area contributed by atoms with Crippen molar-refractivity contribution >= 4 is 5.91 Å². The van der Waals surface area contributed by atoms with E-state index in [1.807, 2.05) is 0 Å². The number of nitrogens with zero attached hydrogens (tertiary/aromatic N) is 2. The molecule has 74 valence electrons. The molecule has 0 unspecified atom stereocenters. The third kappa shape index (κ3) is 1.60.